The normalized spacial score (nSPS) is 13.0. The fourth-order valence-electron chi connectivity index (χ4n) is 3.03. The molecule has 1 unspecified atom stereocenters. The molecule has 0 spiro atoms. The molecule has 2 aromatic carbocycles. The molecule has 0 aromatic heterocycles. The maximum Gasteiger partial charge on any atom is 0.0306 e. The molecule has 0 saturated carbocycles. The van der Waals surface area contributed by atoms with Crippen LogP contribution in [0, 0.1) is 0 Å². The zero-order chi connectivity index (χ0) is 17.9. The molecule has 0 bridgehead atoms. The summed E-state index contributed by atoms with van der Waals surface area (Å²) in [5.74, 6) is 1.56. The van der Waals surface area contributed by atoms with Crippen molar-refractivity contribution in [3.05, 3.63) is 71.3 Å². The third-order valence-electron chi connectivity index (χ3n) is 4.49. The topological polar surface area (TPSA) is 12.4 Å². The van der Waals surface area contributed by atoms with Crippen LogP contribution in [-0.2, 0) is 6.42 Å². The van der Waals surface area contributed by atoms with E-state index in [0.29, 0.717) is 5.92 Å². The predicted octanol–water partition coefficient (Wildman–Crippen LogP) is 7.07. The number of hydrogen-bond donors (Lipinski definition) is 0. The molecule has 0 heterocycles. The summed E-state index contributed by atoms with van der Waals surface area (Å²) in [4.78, 5) is 0. The maximum absolute atomic E-state index is 4.77. The molecule has 1 atom stereocenters. The summed E-state index contributed by atoms with van der Waals surface area (Å²) in [6.07, 6.45) is 5.85. The van der Waals surface area contributed by atoms with Crippen molar-refractivity contribution in [2.45, 2.75) is 58.8 Å². The lowest BCUT2D eigenvalue weighted by molar-refractivity contribution is 0.683. The van der Waals surface area contributed by atoms with Gasteiger partial charge in [0.1, 0.15) is 0 Å². The summed E-state index contributed by atoms with van der Waals surface area (Å²) in [6.45, 7) is 6.66. The SMILES string of the molecule is CCCCC(/C(C)=N/SCCC)c1ccc(Cc2ccccc2)cc1. The fourth-order valence-corrected chi connectivity index (χ4v) is 3.63. The van der Waals surface area contributed by atoms with Crippen LogP contribution in [0.15, 0.2) is 59.0 Å². The molecule has 0 amide bonds. The molecule has 25 heavy (non-hydrogen) atoms. The Balaban J connectivity index is 2.10. The smallest absolute Gasteiger partial charge is 0.0306 e. The lowest BCUT2D eigenvalue weighted by atomic mass is 9.89. The van der Waals surface area contributed by atoms with E-state index in [9.17, 15) is 0 Å². The first kappa shape index (κ1) is 19.8. The fraction of sp³-hybridized carbons (Fsp3) is 0.435. The minimum atomic E-state index is 0.454. The van der Waals surface area contributed by atoms with Crippen molar-refractivity contribution in [3.63, 3.8) is 0 Å². The summed E-state index contributed by atoms with van der Waals surface area (Å²) in [6, 6.07) is 19.9. The van der Waals surface area contributed by atoms with Crippen LogP contribution < -0.4 is 0 Å². The van der Waals surface area contributed by atoms with Crippen LogP contribution >= 0.6 is 11.9 Å². The van der Waals surface area contributed by atoms with E-state index in [1.165, 1.54) is 48.1 Å². The van der Waals surface area contributed by atoms with Gasteiger partial charge in [-0.1, -0.05) is 81.3 Å². The highest BCUT2D eigenvalue weighted by Crippen LogP contribution is 2.26. The van der Waals surface area contributed by atoms with Gasteiger partial charge in [0.2, 0.25) is 0 Å². The first-order valence-corrected chi connectivity index (χ1v) is 10.5. The van der Waals surface area contributed by atoms with Gasteiger partial charge in [-0.3, -0.25) is 0 Å². The summed E-state index contributed by atoms with van der Waals surface area (Å²) in [5, 5.41) is 0. The van der Waals surface area contributed by atoms with Gasteiger partial charge in [0.25, 0.3) is 0 Å². The summed E-state index contributed by atoms with van der Waals surface area (Å²) in [5.41, 5.74) is 5.41. The van der Waals surface area contributed by atoms with Gasteiger partial charge in [-0.05, 0) is 54.8 Å². The Morgan fingerprint density at radius 1 is 0.920 bits per heavy atom. The molecule has 2 heteroatoms. The number of rotatable bonds is 10. The Bertz CT molecular complexity index is 631. The Kier molecular flexibility index (Phi) is 8.82. The van der Waals surface area contributed by atoms with Crippen LogP contribution in [0.1, 0.15) is 69.1 Å². The Hall–Kier alpha value is -1.54. The summed E-state index contributed by atoms with van der Waals surface area (Å²) < 4.78 is 4.77. The highest BCUT2D eigenvalue weighted by Gasteiger charge is 2.14. The van der Waals surface area contributed by atoms with E-state index in [1.54, 1.807) is 11.9 Å². The molecule has 0 radical (unpaired) electrons. The Morgan fingerprint density at radius 3 is 2.24 bits per heavy atom. The number of benzene rings is 2. The van der Waals surface area contributed by atoms with Gasteiger partial charge < -0.3 is 0 Å². The number of hydrogen-bond acceptors (Lipinski definition) is 2. The molecular formula is C23H31NS. The lowest BCUT2D eigenvalue weighted by Gasteiger charge is -2.17. The molecule has 0 aliphatic rings. The molecule has 0 N–H and O–H groups in total. The van der Waals surface area contributed by atoms with Crippen LogP contribution in [0.25, 0.3) is 0 Å². The van der Waals surface area contributed by atoms with Crippen molar-refractivity contribution < 1.29 is 0 Å². The Morgan fingerprint density at radius 2 is 1.60 bits per heavy atom. The number of nitrogens with zero attached hydrogens (tertiary/aromatic N) is 1. The van der Waals surface area contributed by atoms with E-state index in [4.69, 9.17) is 4.40 Å². The zero-order valence-electron chi connectivity index (χ0n) is 15.9. The molecule has 2 rings (SSSR count). The van der Waals surface area contributed by atoms with E-state index in [0.717, 1.165) is 12.2 Å². The van der Waals surface area contributed by atoms with Crippen molar-refractivity contribution in [2.75, 3.05) is 5.75 Å². The van der Waals surface area contributed by atoms with E-state index in [2.05, 4.69) is 75.4 Å². The second-order valence-electron chi connectivity index (χ2n) is 6.66. The predicted molar refractivity (Wildman–Crippen MR) is 114 cm³/mol. The van der Waals surface area contributed by atoms with Gasteiger partial charge in [-0.25, -0.2) is 4.40 Å². The van der Waals surface area contributed by atoms with Gasteiger partial charge in [-0.2, -0.15) is 0 Å². The molecule has 1 nitrogen and oxygen atoms in total. The highest BCUT2D eigenvalue weighted by molar-refractivity contribution is 7.98. The molecule has 0 fully saturated rings. The highest BCUT2D eigenvalue weighted by atomic mass is 32.2. The van der Waals surface area contributed by atoms with Crippen molar-refractivity contribution in [1.82, 2.24) is 0 Å². The van der Waals surface area contributed by atoms with Crippen LogP contribution in [0.3, 0.4) is 0 Å². The minimum Gasteiger partial charge on any atom is -0.225 e. The zero-order valence-corrected chi connectivity index (χ0v) is 16.7. The molecule has 0 aliphatic heterocycles. The van der Waals surface area contributed by atoms with E-state index in [-0.39, 0.29) is 0 Å². The molecule has 134 valence electrons. The van der Waals surface area contributed by atoms with E-state index < -0.39 is 0 Å². The van der Waals surface area contributed by atoms with Gasteiger partial charge in [0.15, 0.2) is 0 Å². The Labute approximate surface area is 158 Å². The minimum absolute atomic E-state index is 0.454. The third kappa shape index (κ3) is 6.70. The van der Waals surface area contributed by atoms with Crippen LogP contribution in [0.2, 0.25) is 0 Å². The van der Waals surface area contributed by atoms with Gasteiger partial charge >= 0.3 is 0 Å². The molecule has 0 aliphatic carbocycles. The van der Waals surface area contributed by atoms with Crippen LogP contribution in [0.5, 0.6) is 0 Å². The second kappa shape index (κ2) is 11.1. The van der Waals surface area contributed by atoms with Gasteiger partial charge in [-0.15, -0.1) is 0 Å². The van der Waals surface area contributed by atoms with Crippen molar-refractivity contribution in [2.24, 2.45) is 4.40 Å². The average molecular weight is 354 g/mol. The monoisotopic (exact) mass is 353 g/mol. The van der Waals surface area contributed by atoms with Crippen molar-refractivity contribution in [3.8, 4) is 0 Å². The van der Waals surface area contributed by atoms with Crippen LogP contribution in [-0.4, -0.2) is 11.5 Å². The van der Waals surface area contributed by atoms with Crippen LogP contribution in [0.4, 0.5) is 0 Å². The average Bonchev–Trinajstić information content (AvgIpc) is 2.64. The largest absolute Gasteiger partial charge is 0.225 e. The second-order valence-corrected chi connectivity index (χ2v) is 7.51. The quantitative estimate of drug-likeness (QED) is 0.253. The third-order valence-corrected chi connectivity index (χ3v) is 5.50. The van der Waals surface area contributed by atoms with Crippen molar-refractivity contribution >= 4 is 17.7 Å². The van der Waals surface area contributed by atoms with E-state index in [1.807, 2.05) is 0 Å². The van der Waals surface area contributed by atoms with Gasteiger partial charge in [0.05, 0.1) is 0 Å². The first-order chi connectivity index (χ1) is 12.2. The summed E-state index contributed by atoms with van der Waals surface area (Å²) in [7, 11) is 0. The summed E-state index contributed by atoms with van der Waals surface area (Å²) >= 11 is 1.71. The lowest BCUT2D eigenvalue weighted by Crippen LogP contribution is -2.09. The standard InChI is InChI=1S/C23H31NS/c1-4-6-12-23(19(3)24-25-17-5-2)22-15-13-21(14-16-22)18-20-10-8-7-9-11-20/h7-11,13-16,23H,4-6,12,17-18H2,1-3H3/b24-19+. The molecule has 2 aromatic rings. The first-order valence-electron chi connectivity index (χ1n) is 9.53. The number of unbranched alkanes of at least 4 members (excludes halogenated alkanes) is 1. The molecular weight excluding hydrogens is 322 g/mol. The van der Waals surface area contributed by atoms with Crippen molar-refractivity contribution in [1.29, 1.82) is 0 Å². The van der Waals surface area contributed by atoms with Gasteiger partial charge in [0, 0.05) is 17.4 Å². The van der Waals surface area contributed by atoms with E-state index >= 15 is 0 Å². The maximum atomic E-state index is 4.77. The molecule has 0 saturated heterocycles.